The van der Waals surface area contributed by atoms with Crippen molar-refractivity contribution in [2.24, 2.45) is 15.9 Å². The molecule has 0 amide bonds. The van der Waals surface area contributed by atoms with Crippen LogP contribution < -0.4 is 0 Å². The van der Waals surface area contributed by atoms with Gasteiger partial charge in [-0.1, -0.05) is 24.4 Å². The lowest BCUT2D eigenvalue weighted by molar-refractivity contribution is 0.638. The Morgan fingerprint density at radius 3 is 1.90 bits per heavy atom. The number of hydrogen-bond donors (Lipinski definition) is 0. The molecule has 0 radical (unpaired) electrons. The van der Waals surface area contributed by atoms with Crippen LogP contribution in [0.15, 0.2) is 79.6 Å². The number of rotatable bonds is 4. The highest BCUT2D eigenvalue weighted by Gasteiger charge is 2.40. The standard InChI is InChI=1S/C16H13FN2S2.C15H11FN2S2/c17-12-4-3-10(11-5-8-20-15(11)12)13-14(9-1-2-9)21-16-18-6-7-19(13)16;1-2-12-13(18-7-6-17-15(18)20-12)9-3-4-11(16)14-10(9)5-8-19-14/h3-5,8-9H,1-2,6-7H2;2-5,8H,1,6-7H2. The van der Waals surface area contributed by atoms with Crippen LogP contribution in [0.25, 0.3) is 31.6 Å². The molecule has 0 N–H and O–H groups in total. The first kappa shape index (κ1) is 25.8. The van der Waals surface area contributed by atoms with Crippen molar-refractivity contribution in [2.45, 2.75) is 12.8 Å². The molecule has 6 heterocycles. The lowest BCUT2D eigenvalue weighted by Gasteiger charge is -2.18. The van der Waals surface area contributed by atoms with Gasteiger partial charge in [0, 0.05) is 44.8 Å². The van der Waals surface area contributed by atoms with Crippen LogP contribution in [0.1, 0.15) is 24.0 Å². The molecule has 0 unspecified atom stereocenters. The Balaban J connectivity index is 0.000000125. The molecule has 0 atom stereocenters. The van der Waals surface area contributed by atoms with Crippen molar-refractivity contribution < 1.29 is 8.78 Å². The van der Waals surface area contributed by atoms with Gasteiger partial charge >= 0.3 is 0 Å². The number of benzene rings is 2. The number of hydrogen-bond acceptors (Lipinski definition) is 8. The van der Waals surface area contributed by atoms with Gasteiger partial charge in [0.15, 0.2) is 10.3 Å². The van der Waals surface area contributed by atoms with Crippen LogP contribution in [-0.2, 0) is 0 Å². The van der Waals surface area contributed by atoms with Crippen LogP contribution >= 0.6 is 46.2 Å². The molecule has 2 aromatic heterocycles. The minimum atomic E-state index is -0.152. The van der Waals surface area contributed by atoms with Crippen molar-refractivity contribution in [1.82, 2.24) is 9.80 Å². The second-order valence-electron chi connectivity index (χ2n) is 10.3. The molecule has 4 aromatic rings. The summed E-state index contributed by atoms with van der Waals surface area (Å²) in [5, 5.41) is 8.10. The molecular formula is C31H24F2N4S4. The summed E-state index contributed by atoms with van der Waals surface area (Å²) >= 11 is 6.41. The van der Waals surface area contributed by atoms with Crippen LogP contribution in [0, 0.1) is 17.6 Å². The quantitative estimate of drug-likeness (QED) is 0.229. The number of halogens is 2. The number of fused-ring (bicyclic) bond motifs is 4. The Morgan fingerprint density at radius 2 is 1.32 bits per heavy atom. The fourth-order valence-corrected chi connectivity index (χ4v) is 9.85. The van der Waals surface area contributed by atoms with Gasteiger partial charge in [-0.15, -0.1) is 22.7 Å². The zero-order valence-corrected chi connectivity index (χ0v) is 25.2. The molecule has 5 aliphatic rings. The molecule has 4 nitrogen and oxygen atoms in total. The van der Waals surface area contributed by atoms with Gasteiger partial charge in [-0.25, -0.2) is 8.78 Å². The van der Waals surface area contributed by atoms with Gasteiger partial charge in [-0.2, -0.15) is 0 Å². The third kappa shape index (κ3) is 4.21. The first-order chi connectivity index (χ1) is 20.1. The number of nitrogens with zero attached hydrogens (tertiary/aromatic N) is 4. The van der Waals surface area contributed by atoms with Crippen LogP contribution in [0.5, 0.6) is 0 Å². The maximum atomic E-state index is 14.0. The summed E-state index contributed by atoms with van der Waals surface area (Å²) in [5.41, 5.74) is 4.65. The van der Waals surface area contributed by atoms with Crippen LogP contribution in [-0.4, -0.2) is 46.3 Å². The van der Waals surface area contributed by atoms with E-state index in [9.17, 15) is 8.78 Å². The Hall–Kier alpha value is -2.92. The van der Waals surface area contributed by atoms with Crippen molar-refractivity contribution in [3.8, 4) is 0 Å². The summed E-state index contributed by atoms with van der Waals surface area (Å²) in [6.45, 7) is 7.44. The molecule has 0 saturated heterocycles. The van der Waals surface area contributed by atoms with E-state index in [0.29, 0.717) is 10.6 Å². The molecular weight excluding hydrogens is 595 g/mol. The van der Waals surface area contributed by atoms with Gasteiger partial charge in [0.1, 0.15) is 11.6 Å². The van der Waals surface area contributed by atoms with Gasteiger partial charge in [0.25, 0.3) is 0 Å². The van der Waals surface area contributed by atoms with E-state index in [1.54, 1.807) is 23.9 Å². The molecule has 1 saturated carbocycles. The molecule has 1 aliphatic carbocycles. The largest absolute Gasteiger partial charge is 0.318 e. The van der Waals surface area contributed by atoms with Gasteiger partial charge < -0.3 is 9.80 Å². The first-order valence-corrected chi connectivity index (χ1v) is 16.9. The lowest BCUT2D eigenvalue weighted by Crippen LogP contribution is -2.20. The summed E-state index contributed by atoms with van der Waals surface area (Å²) in [6.07, 6.45) is 4.42. The van der Waals surface area contributed by atoms with Crippen molar-refractivity contribution in [3.05, 3.63) is 92.4 Å². The smallest absolute Gasteiger partial charge is 0.168 e. The summed E-state index contributed by atoms with van der Waals surface area (Å²) < 4.78 is 29.3. The number of allylic oxidation sites excluding steroid dienone is 2. The molecule has 2 aromatic carbocycles. The van der Waals surface area contributed by atoms with E-state index in [2.05, 4.69) is 26.4 Å². The maximum absolute atomic E-state index is 14.0. The van der Waals surface area contributed by atoms with Gasteiger partial charge in [-0.3, -0.25) is 9.98 Å². The fourth-order valence-electron chi connectivity index (χ4n) is 5.79. The highest BCUT2D eigenvalue weighted by molar-refractivity contribution is 8.18. The normalized spacial score (nSPS) is 19.7. The third-order valence-electron chi connectivity index (χ3n) is 7.79. The van der Waals surface area contributed by atoms with Gasteiger partial charge in [0.2, 0.25) is 0 Å². The van der Waals surface area contributed by atoms with E-state index in [1.807, 2.05) is 52.9 Å². The Bertz CT molecular complexity index is 1880. The van der Waals surface area contributed by atoms with E-state index in [4.69, 9.17) is 0 Å². The number of aliphatic imine (C=N–C) groups is 2. The van der Waals surface area contributed by atoms with Gasteiger partial charge in [0.05, 0.1) is 33.9 Å². The highest BCUT2D eigenvalue weighted by atomic mass is 32.2. The predicted molar refractivity (Wildman–Crippen MR) is 174 cm³/mol. The van der Waals surface area contributed by atoms with E-state index in [1.165, 1.54) is 51.7 Å². The SMILES string of the molecule is C=CC1=C(c2ccc(F)c3sccc23)N2CCN=C2S1.Fc1ccc(C2=C(C3CC3)SC3=NCCN32)c2ccsc12. The molecule has 206 valence electrons. The Labute approximate surface area is 252 Å². The zero-order valence-electron chi connectivity index (χ0n) is 21.9. The average molecular weight is 619 g/mol. The second kappa shape index (κ2) is 10.1. The third-order valence-corrected chi connectivity index (χ3v) is 12.0. The molecule has 0 bridgehead atoms. The van der Waals surface area contributed by atoms with Crippen LogP contribution in [0.2, 0.25) is 0 Å². The summed E-state index contributed by atoms with van der Waals surface area (Å²) in [7, 11) is 0. The summed E-state index contributed by atoms with van der Waals surface area (Å²) in [4.78, 5) is 16.2. The number of thiophene rings is 2. The summed E-state index contributed by atoms with van der Waals surface area (Å²) in [5.74, 6) is 0.427. The fraction of sp³-hybridized carbons (Fsp3) is 0.226. The highest BCUT2D eigenvalue weighted by Crippen LogP contribution is 2.53. The molecule has 9 rings (SSSR count). The minimum Gasteiger partial charge on any atom is -0.318 e. The van der Waals surface area contributed by atoms with E-state index in [-0.39, 0.29) is 11.6 Å². The molecule has 0 spiro atoms. The minimum absolute atomic E-state index is 0.113. The first-order valence-electron chi connectivity index (χ1n) is 13.5. The monoisotopic (exact) mass is 618 g/mol. The van der Waals surface area contributed by atoms with Crippen molar-refractivity contribution in [3.63, 3.8) is 0 Å². The molecule has 4 aliphatic heterocycles. The Morgan fingerprint density at radius 1 is 0.756 bits per heavy atom. The number of thioether (sulfide) groups is 2. The average Bonchev–Trinajstić information content (AvgIpc) is 3.60. The zero-order chi connectivity index (χ0) is 27.7. The predicted octanol–water partition coefficient (Wildman–Crippen LogP) is 8.85. The summed E-state index contributed by atoms with van der Waals surface area (Å²) in [6, 6.07) is 11.0. The van der Waals surface area contributed by atoms with Crippen LogP contribution in [0.3, 0.4) is 0 Å². The topological polar surface area (TPSA) is 31.2 Å². The van der Waals surface area contributed by atoms with Crippen LogP contribution in [0.4, 0.5) is 8.78 Å². The van der Waals surface area contributed by atoms with Crippen molar-refractivity contribution in [2.75, 3.05) is 26.2 Å². The molecule has 1 fully saturated rings. The Kier molecular flexibility index (Phi) is 6.36. The number of amidine groups is 2. The lowest BCUT2D eigenvalue weighted by atomic mass is 10.0. The van der Waals surface area contributed by atoms with E-state index < -0.39 is 0 Å². The van der Waals surface area contributed by atoms with E-state index >= 15 is 0 Å². The van der Waals surface area contributed by atoms with Gasteiger partial charge in [-0.05, 0) is 77.7 Å². The van der Waals surface area contributed by atoms with E-state index in [0.717, 1.165) is 68.2 Å². The molecule has 41 heavy (non-hydrogen) atoms. The second-order valence-corrected chi connectivity index (χ2v) is 14.1. The van der Waals surface area contributed by atoms with Crippen molar-refractivity contribution in [1.29, 1.82) is 0 Å². The molecule has 10 heteroatoms. The maximum Gasteiger partial charge on any atom is 0.168 e. The van der Waals surface area contributed by atoms with Crippen molar-refractivity contribution >= 4 is 88.1 Å².